The number of hydrogen-bond acceptors (Lipinski definition) is 6. The molecular formula is C26H29N3O5. The summed E-state index contributed by atoms with van der Waals surface area (Å²) in [7, 11) is 0. The minimum absolute atomic E-state index is 0.186. The van der Waals surface area contributed by atoms with Crippen molar-refractivity contribution in [2.75, 3.05) is 18.4 Å². The van der Waals surface area contributed by atoms with E-state index in [-0.39, 0.29) is 35.0 Å². The van der Waals surface area contributed by atoms with E-state index in [0.717, 1.165) is 55.8 Å². The molecule has 3 heterocycles. The van der Waals surface area contributed by atoms with Gasteiger partial charge in [-0.15, -0.1) is 0 Å². The van der Waals surface area contributed by atoms with E-state index in [0.29, 0.717) is 29.8 Å². The Balaban J connectivity index is 1.32. The van der Waals surface area contributed by atoms with Gasteiger partial charge in [0.05, 0.1) is 18.0 Å². The van der Waals surface area contributed by atoms with Crippen LogP contribution in [0.1, 0.15) is 53.8 Å². The highest BCUT2D eigenvalue weighted by atomic mass is 16.5. The number of carbonyl (C=O) groups is 2. The summed E-state index contributed by atoms with van der Waals surface area (Å²) < 4.78 is 12.0. The lowest BCUT2D eigenvalue weighted by atomic mass is 9.51. The third kappa shape index (κ3) is 2.75. The number of phenols is 1. The smallest absolute Gasteiger partial charge is 0.287 e. The number of rotatable bonds is 6. The van der Waals surface area contributed by atoms with Crippen LogP contribution in [0.25, 0.3) is 0 Å². The molecule has 178 valence electrons. The number of furan rings is 1. The average molecular weight is 464 g/mol. The number of anilines is 1. The predicted molar refractivity (Wildman–Crippen MR) is 123 cm³/mol. The third-order valence-corrected chi connectivity index (χ3v) is 9.02. The number of piperidine rings is 1. The molecule has 8 heteroatoms. The fourth-order valence-electron chi connectivity index (χ4n) is 7.53. The summed E-state index contributed by atoms with van der Waals surface area (Å²) in [4.78, 5) is 26.9. The van der Waals surface area contributed by atoms with Crippen LogP contribution in [0.2, 0.25) is 0 Å². The Bertz CT molecular complexity index is 1160. The van der Waals surface area contributed by atoms with Crippen LogP contribution in [0, 0.1) is 11.8 Å². The summed E-state index contributed by atoms with van der Waals surface area (Å²) in [5.41, 5.74) is 2.23. The molecule has 3 fully saturated rings. The zero-order valence-electron chi connectivity index (χ0n) is 19.0. The first kappa shape index (κ1) is 20.4. The Kier molecular flexibility index (Phi) is 4.34. The van der Waals surface area contributed by atoms with Gasteiger partial charge >= 0.3 is 0 Å². The lowest BCUT2D eigenvalue weighted by molar-refractivity contribution is -0.105. The number of benzene rings is 1. The molecule has 2 saturated carbocycles. The minimum Gasteiger partial charge on any atom is -0.508 e. The Labute approximate surface area is 197 Å². The fraction of sp³-hybridized carbons (Fsp3) is 0.538. The van der Waals surface area contributed by atoms with E-state index in [1.807, 2.05) is 0 Å². The molecule has 1 saturated heterocycles. The van der Waals surface area contributed by atoms with Gasteiger partial charge in [0.2, 0.25) is 6.41 Å². The molecule has 1 aromatic carbocycles. The first-order valence-corrected chi connectivity index (χ1v) is 12.4. The maximum absolute atomic E-state index is 12.9. The van der Waals surface area contributed by atoms with Crippen molar-refractivity contribution in [1.82, 2.24) is 10.2 Å². The third-order valence-electron chi connectivity index (χ3n) is 9.02. The highest BCUT2D eigenvalue weighted by Crippen LogP contribution is 2.65. The van der Waals surface area contributed by atoms with E-state index >= 15 is 0 Å². The van der Waals surface area contributed by atoms with Gasteiger partial charge in [0.1, 0.15) is 17.6 Å². The SMILES string of the molecule is O=CNc1cc(O)c2c3c1O[C@H]1[C@H](NC(=O)c4ccco4)CC[C@H]4[C@@H](C2)N(CC2CC2)CC[C@@]341. The van der Waals surface area contributed by atoms with E-state index in [4.69, 9.17) is 9.15 Å². The summed E-state index contributed by atoms with van der Waals surface area (Å²) in [5.74, 6) is 2.14. The number of hydrogen-bond donors (Lipinski definition) is 3. The van der Waals surface area contributed by atoms with Gasteiger partial charge in [-0.2, -0.15) is 0 Å². The first-order valence-electron chi connectivity index (χ1n) is 12.4. The largest absolute Gasteiger partial charge is 0.508 e. The second kappa shape index (κ2) is 7.25. The topological polar surface area (TPSA) is 104 Å². The lowest BCUT2D eigenvalue weighted by Gasteiger charge is -2.59. The molecule has 1 spiro atoms. The number of ether oxygens (including phenoxy) is 1. The summed E-state index contributed by atoms with van der Waals surface area (Å²) in [6.07, 6.45) is 8.04. The zero-order chi connectivity index (χ0) is 23.0. The fourth-order valence-corrected chi connectivity index (χ4v) is 7.53. The maximum Gasteiger partial charge on any atom is 0.287 e. The van der Waals surface area contributed by atoms with Crippen molar-refractivity contribution >= 4 is 18.0 Å². The van der Waals surface area contributed by atoms with Crippen LogP contribution in [-0.2, 0) is 16.6 Å². The molecule has 3 aliphatic carbocycles. The molecule has 2 aromatic rings. The molecular weight excluding hydrogens is 434 g/mol. The van der Waals surface area contributed by atoms with Crippen molar-refractivity contribution in [2.45, 2.75) is 62.1 Å². The van der Waals surface area contributed by atoms with E-state index < -0.39 is 0 Å². The van der Waals surface area contributed by atoms with Crippen LogP contribution < -0.4 is 15.4 Å². The normalized spacial score (nSPS) is 33.1. The highest BCUT2D eigenvalue weighted by Gasteiger charge is 2.66. The second-order valence-electron chi connectivity index (χ2n) is 10.7. The average Bonchev–Trinajstić information content (AvgIpc) is 3.33. The van der Waals surface area contributed by atoms with E-state index in [9.17, 15) is 14.7 Å². The summed E-state index contributed by atoms with van der Waals surface area (Å²) in [6.45, 7) is 2.12. The number of carbonyl (C=O) groups excluding carboxylic acids is 2. The van der Waals surface area contributed by atoms with Crippen molar-refractivity contribution in [3.8, 4) is 11.5 Å². The molecule has 34 heavy (non-hydrogen) atoms. The van der Waals surface area contributed by atoms with E-state index in [2.05, 4.69) is 15.5 Å². The quantitative estimate of drug-likeness (QED) is 0.569. The van der Waals surface area contributed by atoms with Crippen LogP contribution in [0.3, 0.4) is 0 Å². The number of likely N-dealkylation sites (tertiary alicyclic amines) is 1. The van der Waals surface area contributed by atoms with Crippen LogP contribution in [0.15, 0.2) is 28.9 Å². The monoisotopic (exact) mass is 463 g/mol. The van der Waals surface area contributed by atoms with E-state index in [1.54, 1.807) is 18.2 Å². The standard InChI is InChI=1S/C26H29N3O5/c30-13-27-18-11-20(31)15-10-19-16-5-6-17(28-25(32)21-2-1-9-33-21)24-26(16,22(15)23(18)34-24)7-8-29(19)12-14-3-4-14/h1-2,9,11,13-14,16-17,19,24,31H,3-8,10,12H2,(H,27,30)(H,28,32)/t16-,17+,19+,24-,26-/m0/s1. The van der Waals surface area contributed by atoms with Gasteiger partial charge in [-0.25, -0.2) is 0 Å². The minimum atomic E-state index is -0.287. The Morgan fingerprint density at radius 1 is 1.29 bits per heavy atom. The Hall–Kier alpha value is -3.00. The van der Waals surface area contributed by atoms with Crippen molar-refractivity contribution in [3.05, 3.63) is 41.3 Å². The van der Waals surface area contributed by atoms with E-state index in [1.165, 1.54) is 19.1 Å². The molecule has 3 N–H and O–H groups in total. The van der Waals surface area contributed by atoms with Crippen molar-refractivity contribution in [1.29, 1.82) is 0 Å². The molecule has 1 aromatic heterocycles. The van der Waals surface area contributed by atoms with Gasteiger partial charge in [-0.3, -0.25) is 14.5 Å². The lowest BCUT2D eigenvalue weighted by Crippen LogP contribution is -2.69. The zero-order valence-corrected chi connectivity index (χ0v) is 19.0. The van der Waals surface area contributed by atoms with Gasteiger partial charge in [0.25, 0.3) is 5.91 Å². The second-order valence-corrected chi connectivity index (χ2v) is 10.7. The van der Waals surface area contributed by atoms with Crippen LogP contribution >= 0.6 is 0 Å². The molecule has 0 unspecified atom stereocenters. The number of nitrogens with zero attached hydrogens (tertiary/aromatic N) is 1. The predicted octanol–water partition coefficient (Wildman–Crippen LogP) is 2.80. The first-order chi connectivity index (χ1) is 16.6. The molecule has 2 amide bonds. The van der Waals surface area contributed by atoms with Crippen LogP contribution in [-0.4, -0.2) is 53.6 Å². The number of nitrogens with one attached hydrogen (secondary N) is 2. The summed E-state index contributed by atoms with van der Waals surface area (Å²) in [6, 6.07) is 5.16. The van der Waals surface area contributed by atoms with Gasteiger partial charge < -0.3 is 24.9 Å². The van der Waals surface area contributed by atoms with Gasteiger partial charge in [0.15, 0.2) is 5.76 Å². The summed E-state index contributed by atoms with van der Waals surface area (Å²) >= 11 is 0. The van der Waals surface area contributed by atoms with Crippen LogP contribution in [0.5, 0.6) is 11.5 Å². The molecule has 0 radical (unpaired) electrons. The van der Waals surface area contributed by atoms with Crippen molar-refractivity contribution < 1.29 is 23.8 Å². The van der Waals surface area contributed by atoms with Gasteiger partial charge in [-0.1, -0.05) is 0 Å². The molecule has 5 aliphatic rings. The summed E-state index contributed by atoms with van der Waals surface area (Å²) in [5, 5.41) is 17.0. The molecule has 7 rings (SSSR count). The molecule has 8 nitrogen and oxygen atoms in total. The van der Waals surface area contributed by atoms with Crippen LogP contribution in [0.4, 0.5) is 5.69 Å². The Morgan fingerprint density at radius 2 is 2.18 bits per heavy atom. The van der Waals surface area contributed by atoms with Crippen molar-refractivity contribution in [3.63, 3.8) is 0 Å². The number of phenolic OH excluding ortho intramolecular Hbond substituents is 1. The maximum atomic E-state index is 12.9. The molecule has 5 atom stereocenters. The molecule has 2 aliphatic heterocycles. The number of aromatic hydroxyl groups is 1. The number of amides is 2. The van der Waals surface area contributed by atoms with Crippen molar-refractivity contribution in [2.24, 2.45) is 11.8 Å². The van der Waals surface area contributed by atoms with Gasteiger partial charge in [-0.05, 0) is 69.0 Å². The molecule has 2 bridgehead atoms. The van der Waals surface area contributed by atoms with Gasteiger partial charge in [0, 0.05) is 35.2 Å². The Morgan fingerprint density at radius 3 is 2.94 bits per heavy atom. The highest BCUT2D eigenvalue weighted by molar-refractivity contribution is 5.91.